The number of para-hydroxylation sites is 2. The molecule has 2 aromatic rings. The summed E-state index contributed by atoms with van der Waals surface area (Å²) in [4.78, 5) is 8.67. The van der Waals surface area contributed by atoms with Crippen LogP contribution in [0.25, 0.3) is 0 Å². The third-order valence-electron chi connectivity index (χ3n) is 3.14. The molecule has 0 unspecified atom stereocenters. The quantitative estimate of drug-likeness (QED) is 0.846. The van der Waals surface area contributed by atoms with Crippen molar-refractivity contribution in [1.29, 1.82) is 0 Å². The first-order valence-electron chi connectivity index (χ1n) is 7.18. The Morgan fingerprint density at radius 1 is 1.14 bits per heavy atom. The highest BCUT2D eigenvalue weighted by molar-refractivity contribution is 5.69. The van der Waals surface area contributed by atoms with E-state index in [1.165, 1.54) is 0 Å². The predicted molar refractivity (Wildman–Crippen MR) is 86.6 cm³/mol. The van der Waals surface area contributed by atoms with E-state index in [1.54, 1.807) is 6.33 Å². The fourth-order valence-electron chi connectivity index (χ4n) is 2.22. The number of hydrogen-bond donors (Lipinski definition) is 2. The highest BCUT2D eigenvalue weighted by atomic mass is 16.5. The normalized spacial score (nSPS) is 10.5. The van der Waals surface area contributed by atoms with Crippen molar-refractivity contribution >= 4 is 17.3 Å². The van der Waals surface area contributed by atoms with Crippen LogP contribution in [0.4, 0.5) is 17.3 Å². The fourth-order valence-corrected chi connectivity index (χ4v) is 2.22. The Kier molecular flexibility index (Phi) is 4.98. The molecule has 0 atom stereocenters. The SMILES string of the molecule is CCOc1ccccc1Nc1ncnc(NC)c1C(C)C. The van der Waals surface area contributed by atoms with Gasteiger partial charge in [-0.25, -0.2) is 9.97 Å². The summed E-state index contributed by atoms with van der Waals surface area (Å²) >= 11 is 0. The van der Waals surface area contributed by atoms with E-state index in [-0.39, 0.29) is 0 Å². The summed E-state index contributed by atoms with van der Waals surface area (Å²) in [5.74, 6) is 2.77. The summed E-state index contributed by atoms with van der Waals surface area (Å²) in [6, 6.07) is 7.86. The van der Waals surface area contributed by atoms with Gasteiger partial charge in [0.15, 0.2) is 0 Å². The van der Waals surface area contributed by atoms with Crippen molar-refractivity contribution in [3.05, 3.63) is 36.2 Å². The first kappa shape index (κ1) is 15.1. The first-order valence-corrected chi connectivity index (χ1v) is 7.18. The number of ether oxygens (including phenoxy) is 1. The van der Waals surface area contributed by atoms with Gasteiger partial charge in [0.25, 0.3) is 0 Å². The van der Waals surface area contributed by atoms with Crippen LogP contribution in [0.2, 0.25) is 0 Å². The van der Waals surface area contributed by atoms with Gasteiger partial charge in [-0.2, -0.15) is 0 Å². The van der Waals surface area contributed by atoms with Crippen molar-refractivity contribution in [2.75, 3.05) is 24.3 Å². The second-order valence-electron chi connectivity index (χ2n) is 4.94. The molecule has 0 amide bonds. The minimum atomic E-state index is 0.301. The molecule has 2 rings (SSSR count). The van der Waals surface area contributed by atoms with Crippen molar-refractivity contribution in [1.82, 2.24) is 9.97 Å². The molecule has 0 radical (unpaired) electrons. The summed E-state index contributed by atoms with van der Waals surface area (Å²) in [5.41, 5.74) is 1.97. The van der Waals surface area contributed by atoms with E-state index < -0.39 is 0 Å². The molecule has 0 fully saturated rings. The van der Waals surface area contributed by atoms with Crippen LogP contribution in [0, 0.1) is 0 Å². The molecule has 0 aliphatic rings. The van der Waals surface area contributed by atoms with Gasteiger partial charge >= 0.3 is 0 Å². The van der Waals surface area contributed by atoms with Gasteiger partial charge in [-0.3, -0.25) is 0 Å². The largest absolute Gasteiger partial charge is 0.492 e. The van der Waals surface area contributed by atoms with Crippen LogP contribution < -0.4 is 15.4 Å². The molecule has 0 saturated heterocycles. The Labute approximate surface area is 125 Å². The highest BCUT2D eigenvalue weighted by Gasteiger charge is 2.15. The molecular weight excluding hydrogens is 264 g/mol. The van der Waals surface area contributed by atoms with E-state index >= 15 is 0 Å². The lowest BCUT2D eigenvalue weighted by Gasteiger charge is -2.18. The fraction of sp³-hybridized carbons (Fsp3) is 0.375. The van der Waals surface area contributed by atoms with Crippen molar-refractivity contribution in [2.45, 2.75) is 26.7 Å². The second kappa shape index (κ2) is 6.92. The summed E-state index contributed by atoms with van der Waals surface area (Å²) in [6.45, 7) is 6.85. The van der Waals surface area contributed by atoms with E-state index in [1.807, 2.05) is 38.2 Å². The van der Waals surface area contributed by atoms with Gasteiger partial charge in [-0.05, 0) is 25.0 Å². The number of benzene rings is 1. The molecule has 0 aliphatic heterocycles. The van der Waals surface area contributed by atoms with E-state index in [0.717, 1.165) is 28.6 Å². The topological polar surface area (TPSA) is 59.1 Å². The number of anilines is 3. The third kappa shape index (κ3) is 3.42. The molecule has 21 heavy (non-hydrogen) atoms. The number of aromatic nitrogens is 2. The lowest BCUT2D eigenvalue weighted by Crippen LogP contribution is -2.07. The zero-order chi connectivity index (χ0) is 15.2. The van der Waals surface area contributed by atoms with Crippen molar-refractivity contribution < 1.29 is 4.74 Å². The second-order valence-corrected chi connectivity index (χ2v) is 4.94. The van der Waals surface area contributed by atoms with Crippen molar-refractivity contribution in [3.8, 4) is 5.75 Å². The van der Waals surface area contributed by atoms with Gasteiger partial charge in [0.05, 0.1) is 12.3 Å². The molecule has 0 spiro atoms. The molecule has 5 nitrogen and oxygen atoms in total. The number of hydrogen-bond acceptors (Lipinski definition) is 5. The van der Waals surface area contributed by atoms with Crippen LogP contribution in [-0.4, -0.2) is 23.6 Å². The molecule has 0 bridgehead atoms. The van der Waals surface area contributed by atoms with E-state index in [9.17, 15) is 0 Å². The maximum Gasteiger partial charge on any atom is 0.142 e. The summed E-state index contributed by atoms with van der Waals surface area (Å²) in [7, 11) is 1.87. The van der Waals surface area contributed by atoms with E-state index in [4.69, 9.17) is 4.74 Å². The lowest BCUT2D eigenvalue weighted by atomic mass is 10.0. The predicted octanol–water partition coefficient (Wildman–Crippen LogP) is 3.78. The minimum absolute atomic E-state index is 0.301. The number of nitrogens with zero attached hydrogens (tertiary/aromatic N) is 2. The van der Waals surface area contributed by atoms with Crippen LogP contribution >= 0.6 is 0 Å². The standard InChI is InChI=1S/C16H22N4O/c1-5-21-13-9-7-6-8-12(13)20-16-14(11(2)3)15(17-4)18-10-19-16/h6-11H,5H2,1-4H3,(H2,17,18,19,20). The van der Waals surface area contributed by atoms with Gasteiger partial charge in [0.1, 0.15) is 23.7 Å². The van der Waals surface area contributed by atoms with Crippen molar-refractivity contribution in [3.63, 3.8) is 0 Å². The molecule has 0 aliphatic carbocycles. The highest BCUT2D eigenvalue weighted by Crippen LogP contribution is 2.33. The Bertz CT molecular complexity index is 599. The Morgan fingerprint density at radius 2 is 1.86 bits per heavy atom. The average molecular weight is 286 g/mol. The summed E-state index contributed by atoms with van der Waals surface area (Å²) < 4.78 is 5.64. The first-order chi connectivity index (χ1) is 10.2. The Morgan fingerprint density at radius 3 is 2.52 bits per heavy atom. The van der Waals surface area contributed by atoms with Gasteiger partial charge in [0.2, 0.25) is 0 Å². The maximum atomic E-state index is 5.64. The molecule has 2 N–H and O–H groups in total. The Balaban J connectivity index is 2.40. The van der Waals surface area contributed by atoms with Gasteiger partial charge < -0.3 is 15.4 Å². The van der Waals surface area contributed by atoms with Gasteiger partial charge in [-0.1, -0.05) is 26.0 Å². The van der Waals surface area contributed by atoms with Gasteiger partial charge in [0, 0.05) is 12.6 Å². The molecule has 1 aromatic heterocycles. The third-order valence-corrected chi connectivity index (χ3v) is 3.14. The maximum absolute atomic E-state index is 5.64. The van der Waals surface area contributed by atoms with Crippen LogP contribution in [-0.2, 0) is 0 Å². The summed E-state index contributed by atoms with van der Waals surface area (Å²) in [6.07, 6.45) is 1.56. The molecule has 112 valence electrons. The summed E-state index contributed by atoms with van der Waals surface area (Å²) in [5, 5.41) is 6.49. The van der Waals surface area contributed by atoms with Crippen LogP contribution in [0.3, 0.4) is 0 Å². The van der Waals surface area contributed by atoms with Crippen LogP contribution in [0.5, 0.6) is 5.75 Å². The van der Waals surface area contributed by atoms with Crippen LogP contribution in [0.15, 0.2) is 30.6 Å². The number of rotatable bonds is 6. The smallest absolute Gasteiger partial charge is 0.142 e. The monoisotopic (exact) mass is 286 g/mol. The Hall–Kier alpha value is -2.30. The van der Waals surface area contributed by atoms with Crippen LogP contribution in [0.1, 0.15) is 32.3 Å². The molecule has 1 heterocycles. The number of nitrogens with one attached hydrogen (secondary N) is 2. The van der Waals surface area contributed by atoms with E-state index in [2.05, 4.69) is 34.4 Å². The van der Waals surface area contributed by atoms with Gasteiger partial charge in [-0.15, -0.1) is 0 Å². The lowest BCUT2D eigenvalue weighted by molar-refractivity contribution is 0.342. The minimum Gasteiger partial charge on any atom is -0.492 e. The molecule has 0 saturated carbocycles. The zero-order valence-corrected chi connectivity index (χ0v) is 13.0. The molecule has 5 heteroatoms. The molecule has 1 aromatic carbocycles. The molecular formula is C16H22N4O. The van der Waals surface area contributed by atoms with E-state index in [0.29, 0.717) is 12.5 Å². The average Bonchev–Trinajstić information content (AvgIpc) is 2.49. The zero-order valence-electron chi connectivity index (χ0n) is 13.0. The van der Waals surface area contributed by atoms with Crippen molar-refractivity contribution in [2.24, 2.45) is 0 Å².